The van der Waals surface area contributed by atoms with Gasteiger partial charge in [0, 0.05) is 5.92 Å². The lowest BCUT2D eigenvalue weighted by Crippen LogP contribution is -2.21. The summed E-state index contributed by atoms with van der Waals surface area (Å²) in [5.41, 5.74) is 6.99. The zero-order chi connectivity index (χ0) is 23.8. The number of carbonyl (C=O) groups is 2. The number of aromatic carboxylic acids is 1. The van der Waals surface area contributed by atoms with Crippen LogP contribution in [0.4, 0.5) is 10.6 Å². The summed E-state index contributed by atoms with van der Waals surface area (Å²) in [5.74, 6) is -1.24. The number of aryl methyl sites for hydroxylation is 2. The first-order chi connectivity index (χ1) is 16.4. The van der Waals surface area contributed by atoms with Crippen LogP contribution in [0.15, 0.2) is 72.9 Å². The topological polar surface area (TPSA) is 93.5 Å². The number of anilines is 1. The van der Waals surface area contributed by atoms with Gasteiger partial charge in [0.25, 0.3) is 0 Å². The van der Waals surface area contributed by atoms with Crippen molar-refractivity contribution in [2.45, 2.75) is 19.8 Å². The minimum Gasteiger partial charge on any atom is -0.477 e. The van der Waals surface area contributed by atoms with Gasteiger partial charge in [0.05, 0.1) is 11.9 Å². The van der Waals surface area contributed by atoms with Gasteiger partial charge in [-0.2, -0.15) is 5.10 Å². The van der Waals surface area contributed by atoms with Crippen LogP contribution in [0.2, 0.25) is 0 Å². The second-order valence-corrected chi connectivity index (χ2v) is 8.42. The molecule has 5 rings (SSSR count). The third-order valence-electron chi connectivity index (χ3n) is 6.01. The molecule has 0 saturated heterocycles. The van der Waals surface area contributed by atoms with Gasteiger partial charge < -0.3 is 9.84 Å². The van der Waals surface area contributed by atoms with Crippen molar-refractivity contribution in [2.75, 3.05) is 11.9 Å². The van der Waals surface area contributed by atoms with Crippen LogP contribution >= 0.6 is 0 Å². The Morgan fingerprint density at radius 1 is 0.971 bits per heavy atom. The molecular formula is C27H23N3O4. The van der Waals surface area contributed by atoms with E-state index in [-0.39, 0.29) is 23.9 Å². The third-order valence-corrected chi connectivity index (χ3v) is 6.01. The maximum Gasteiger partial charge on any atom is 0.412 e. The van der Waals surface area contributed by atoms with E-state index in [1.165, 1.54) is 10.9 Å². The standard InChI is InChI=1S/C27H23N3O4/c1-16-11-17(2)13-18(12-16)30-25(23(14-28-30)26(31)32)29-27(33)34-15-24-21-9-5-3-7-19(21)20-8-4-6-10-22(20)24/h3-14,24H,15H2,1-2H3,(H,29,33)(H,31,32). The summed E-state index contributed by atoms with van der Waals surface area (Å²) < 4.78 is 7.01. The Kier molecular flexibility index (Phi) is 5.37. The molecule has 0 bridgehead atoms. The van der Waals surface area contributed by atoms with E-state index in [1.807, 2.05) is 68.4 Å². The number of carboxylic acids is 1. The molecular weight excluding hydrogens is 430 g/mol. The lowest BCUT2D eigenvalue weighted by molar-refractivity contribution is 0.0698. The number of hydrogen-bond donors (Lipinski definition) is 2. The van der Waals surface area contributed by atoms with Gasteiger partial charge in [-0.25, -0.2) is 14.3 Å². The first kappa shape index (κ1) is 21.5. The Morgan fingerprint density at radius 2 is 1.56 bits per heavy atom. The second-order valence-electron chi connectivity index (χ2n) is 8.42. The molecule has 3 aromatic carbocycles. The van der Waals surface area contributed by atoms with E-state index in [9.17, 15) is 14.7 Å². The fourth-order valence-electron chi connectivity index (χ4n) is 4.63. The van der Waals surface area contributed by atoms with Crippen molar-refractivity contribution >= 4 is 17.9 Å². The van der Waals surface area contributed by atoms with Gasteiger partial charge in [-0.05, 0) is 59.4 Å². The first-order valence-electron chi connectivity index (χ1n) is 10.9. The summed E-state index contributed by atoms with van der Waals surface area (Å²) in [6.45, 7) is 4.01. The van der Waals surface area contributed by atoms with Crippen molar-refractivity contribution in [3.05, 3.63) is 101 Å². The van der Waals surface area contributed by atoms with Crippen molar-refractivity contribution in [1.82, 2.24) is 9.78 Å². The second kappa shape index (κ2) is 8.51. The number of fused-ring (bicyclic) bond motifs is 3. The lowest BCUT2D eigenvalue weighted by atomic mass is 9.98. The summed E-state index contributed by atoms with van der Waals surface area (Å²) in [7, 11) is 0. The molecule has 1 amide bonds. The Labute approximate surface area is 196 Å². The number of nitrogens with one attached hydrogen (secondary N) is 1. The van der Waals surface area contributed by atoms with E-state index in [2.05, 4.69) is 22.5 Å². The fourth-order valence-corrected chi connectivity index (χ4v) is 4.63. The van der Waals surface area contributed by atoms with E-state index >= 15 is 0 Å². The van der Waals surface area contributed by atoms with E-state index in [0.29, 0.717) is 5.69 Å². The molecule has 0 spiro atoms. The number of benzene rings is 3. The molecule has 7 heteroatoms. The maximum absolute atomic E-state index is 12.8. The number of nitrogens with zero attached hydrogens (tertiary/aromatic N) is 2. The van der Waals surface area contributed by atoms with Crippen LogP contribution in [0.3, 0.4) is 0 Å². The molecule has 0 fully saturated rings. The highest BCUT2D eigenvalue weighted by molar-refractivity contribution is 5.98. The van der Waals surface area contributed by atoms with Gasteiger partial charge in [-0.3, -0.25) is 5.32 Å². The molecule has 34 heavy (non-hydrogen) atoms. The van der Waals surface area contributed by atoms with Crippen molar-refractivity contribution in [3.8, 4) is 16.8 Å². The predicted octanol–water partition coefficient (Wildman–Crippen LogP) is 5.55. The van der Waals surface area contributed by atoms with Crippen LogP contribution in [0.5, 0.6) is 0 Å². The van der Waals surface area contributed by atoms with Gasteiger partial charge in [0.15, 0.2) is 5.82 Å². The van der Waals surface area contributed by atoms with Crippen molar-refractivity contribution in [2.24, 2.45) is 0 Å². The quantitative estimate of drug-likeness (QED) is 0.413. The average Bonchev–Trinajstić information content (AvgIpc) is 3.36. The van der Waals surface area contributed by atoms with E-state index in [1.54, 1.807) is 0 Å². The highest BCUT2D eigenvalue weighted by Crippen LogP contribution is 2.44. The van der Waals surface area contributed by atoms with E-state index < -0.39 is 12.1 Å². The highest BCUT2D eigenvalue weighted by atomic mass is 16.5. The molecule has 1 aliphatic carbocycles. The summed E-state index contributed by atoms with van der Waals surface area (Å²) in [4.78, 5) is 24.6. The Morgan fingerprint density at radius 3 is 2.15 bits per heavy atom. The van der Waals surface area contributed by atoms with Crippen LogP contribution < -0.4 is 5.32 Å². The van der Waals surface area contributed by atoms with Crippen molar-refractivity contribution in [1.29, 1.82) is 0 Å². The lowest BCUT2D eigenvalue weighted by Gasteiger charge is -2.15. The highest BCUT2D eigenvalue weighted by Gasteiger charge is 2.29. The maximum atomic E-state index is 12.8. The molecule has 2 N–H and O–H groups in total. The minimum absolute atomic E-state index is 0.0507. The van der Waals surface area contributed by atoms with Crippen molar-refractivity contribution < 1.29 is 19.4 Å². The average molecular weight is 453 g/mol. The predicted molar refractivity (Wildman–Crippen MR) is 129 cm³/mol. The van der Waals surface area contributed by atoms with Crippen molar-refractivity contribution in [3.63, 3.8) is 0 Å². The smallest absolute Gasteiger partial charge is 0.412 e. The molecule has 0 aliphatic heterocycles. The molecule has 1 aliphatic rings. The van der Waals surface area contributed by atoms with Gasteiger partial charge in [0.2, 0.25) is 0 Å². The number of carboxylic acid groups (broad SMARTS) is 1. The van der Waals surface area contributed by atoms with Gasteiger partial charge in [-0.15, -0.1) is 0 Å². The zero-order valence-electron chi connectivity index (χ0n) is 18.8. The number of carbonyl (C=O) groups excluding carboxylic acids is 1. The monoisotopic (exact) mass is 453 g/mol. The number of hydrogen-bond acceptors (Lipinski definition) is 4. The van der Waals surface area contributed by atoms with Gasteiger partial charge in [0.1, 0.15) is 12.2 Å². The largest absolute Gasteiger partial charge is 0.477 e. The van der Waals surface area contributed by atoms with Gasteiger partial charge >= 0.3 is 12.1 Å². The van der Waals surface area contributed by atoms with E-state index in [4.69, 9.17) is 4.74 Å². The fraction of sp³-hybridized carbons (Fsp3) is 0.148. The number of ether oxygens (including phenoxy) is 1. The Bertz CT molecular complexity index is 1360. The molecule has 0 saturated carbocycles. The Hall–Kier alpha value is -4.39. The number of rotatable bonds is 5. The minimum atomic E-state index is -1.19. The SMILES string of the molecule is Cc1cc(C)cc(-n2ncc(C(=O)O)c2NC(=O)OCC2c3ccccc3-c3ccccc32)c1. The summed E-state index contributed by atoms with van der Waals surface area (Å²) in [6.07, 6.45) is 0.481. The number of aromatic nitrogens is 2. The molecule has 0 radical (unpaired) electrons. The van der Waals surface area contributed by atoms with Crippen LogP contribution in [0.1, 0.15) is 38.5 Å². The summed E-state index contributed by atoms with van der Waals surface area (Å²) in [5, 5.41) is 16.4. The van der Waals surface area contributed by atoms with Crippen LogP contribution in [0.25, 0.3) is 16.8 Å². The number of amides is 1. The van der Waals surface area contributed by atoms with Crippen LogP contribution in [0, 0.1) is 13.8 Å². The molecule has 0 atom stereocenters. The van der Waals surface area contributed by atoms with Crippen LogP contribution in [-0.2, 0) is 4.74 Å². The van der Waals surface area contributed by atoms with E-state index in [0.717, 1.165) is 33.4 Å². The normalized spacial score (nSPS) is 12.2. The first-order valence-corrected chi connectivity index (χ1v) is 10.9. The summed E-state index contributed by atoms with van der Waals surface area (Å²) >= 11 is 0. The molecule has 170 valence electrons. The Balaban J connectivity index is 1.40. The zero-order valence-corrected chi connectivity index (χ0v) is 18.8. The molecule has 1 heterocycles. The molecule has 4 aromatic rings. The summed E-state index contributed by atoms with van der Waals surface area (Å²) in [6, 6.07) is 21.9. The molecule has 7 nitrogen and oxygen atoms in total. The third kappa shape index (κ3) is 3.81. The van der Waals surface area contributed by atoms with Crippen LogP contribution in [-0.4, -0.2) is 33.6 Å². The van der Waals surface area contributed by atoms with Gasteiger partial charge in [-0.1, -0.05) is 54.6 Å². The molecule has 0 unspecified atom stereocenters. The molecule has 1 aromatic heterocycles.